The molecule has 3 heteroatoms. The first-order valence-corrected chi connectivity index (χ1v) is 6.34. The number of β-amino-alcohol motifs (C(OH)–C–C–N with tert-alkyl or cyclic N) is 1. The first kappa shape index (κ1) is 12.1. The van der Waals surface area contributed by atoms with Crippen molar-refractivity contribution in [2.24, 2.45) is 0 Å². The van der Waals surface area contributed by atoms with Crippen molar-refractivity contribution in [1.29, 1.82) is 0 Å². The molecule has 0 unspecified atom stereocenters. The fourth-order valence-corrected chi connectivity index (χ4v) is 2.27. The molecule has 0 saturated carbocycles. The molecule has 88 valence electrons. The fraction of sp³-hybridized carbons (Fsp3) is 0.538. The highest BCUT2D eigenvalue weighted by Gasteiger charge is 2.46. The van der Waals surface area contributed by atoms with E-state index in [-0.39, 0.29) is 5.54 Å². The Kier molecular flexibility index (Phi) is 2.89. The predicted octanol–water partition coefficient (Wildman–Crippen LogP) is 2.75. The van der Waals surface area contributed by atoms with Crippen LogP contribution in [0.25, 0.3) is 0 Å². The van der Waals surface area contributed by atoms with Crippen LogP contribution in [-0.2, 0) is 5.60 Å². The van der Waals surface area contributed by atoms with Crippen molar-refractivity contribution in [1.82, 2.24) is 4.90 Å². The number of aliphatic hydroxyl groups is 1. The quantitative estimate of drug-likeness (QED) is 0.857. The van der Waals surface area contributed by atoms with Crippen LogP contribution in [0.2, 0.25) is 0 Å². The Labute approximate surface area is 105 Å². The van der Waals surface area contributed by atoms with Gasteiger partial charge in [0.2, 0.25) is 0 Å². The SMILES string of the molecule is CC(C)(C)N1CC(O)(c2ccc(Br)cc2)C1. The second-order valence-electron chi connectivity index (χ2n) is 5.57. The van der Waals surface area contributed by atoms with Crippen LogP contribution in [0.5, 0.6) is 0 Å². The van der Waals surface area contributed by atoms with Crippen LogP contribution in [0.15, 0.2) is 28.7 Å². The molecule has 1 aliphatic heterocycles. The lowest BCUT2D eigenvalue weighted by Gasteiger charge is -2.53. The average molecular weight is 284 g/mol. The third-order valence-electron chi connectivity index (χ3n) is 3.24. The van der Waals surface area contributed by atoms with Crippen LogP contribution in [0.3, 0.4) is 0 Å². The highest BCUT2D eigenvalue weighted by atomic mass is 79.9. The van der Waals surface area contributed by atoms with Gasteiger partial charge in [0.1, 0.15) is 5.60 Å². The van der Waals surface area contributed by atoms with E-state index in [1.54, 1.807) is 0 Å². The molecule has 0 aliphatic carbocycles. The van der Waals surface area contributed by atoms with Crippen LogP contribution in [0.1, 0.15) is 26.3 Å². The molecule has 16 heavy (non-hydrogen) atoms. The molecule has 1 aromatic carbocycles. The van der Waals surface area contributed by atoms with Gasteiger partial charge < -0.3 is 5.11 Å². The summed E-state index contributed by atoms with van der Waals surface area (Å²) in [5.41, 5.74) is 0.492. The standard InChI is InChI=1S/C13H18BrNO/c1-12(2,3)15-8-13(16,9-15)10-4-6-11(14)7-5-10/h4-7,16H,8-9H2,1-3H3. The van der Waals surface area contributed by atoms with Crippen molar-refractivity contribution in [3.8, 4) is 0 Å². The molecule has 0 spiro atoms. The molecule has 0 atom stereocenters. The minimum Gasteiger partial charge on any atom is -0.382 e. The maximum Gasteiger partial charge on any atom is 0.115 e. The molecular formula is C13H18BrNO. The van der Waals surface area contributed by atoms with Crippen molar-refractivity contribution in [3.05, 3.63) is 34.3 Å². The third-order valence-corrected chi connectivity index (χ3v) is 3.76. The molecule has 0 bridgehead atoms. The average Bonchev–Trinajstić information content (AvgIpc) is 2.12. The fourth-order valence-electron chi connectivity index (χ4n) is 2.00. The van der Waals surface area contributed by atoms with Gasteiger partial charge in [0.15, 0.2) is 0 Å². The minimum atomic E-state index is -0.659. The summed E-state index contributed by atoms with van der Waals surface area (Å²) in [4.78, 5) is 2.29. The summed E-state index contributed by atoms with van der Waals surface area (Å²) < 4.78 is 1.05. The molecule has 1 aromatic rings. The number of hydrogen-bond donors (Lipinski definition) is 1. The zero-order valence-corrected chi connectivity index (χ0v) is 11.6. The Morgan fingerprint density at radius 2 is 1.69 bits per heavy atom. The van der Waals surface area contributed by atoms with Gasteiger partial charge in [-0.1, -0.05) is 28.1 Å². The second kappa shape index (κ2) is 3.83. The van der Waals surface area contributed by atoms with E-state index < -0.39 is 5.60 Å². The Balaban J connectivity index is 2.10. The Hall–Kier alpha value is -0.380. The maximum atomic E-state index is 10.4. The van der Waals surface area contributed by atoms with Gasteiger partial charge in [-0.3, -0.25) is 4.90 Å². The lowest BCUT2D eigenvalue weighted by Crippen LogP contribution is -2.64. The van der Waals surface area contributed by atoms with Crippen LogP contribution >= 0.6 is 15.9 Å². The van der Waals surface area contributed by atoms with E-state index in [9.17, 15) is 5.11 Å². The summed E-state index contributed by atoms with van der Waals surface area (Å²) in [6, 6.07) is 7.94. The van der Waals surface area contributed by atoms with E-state index in [2.05, 4.69) is 41.6 Å². The zero-order valence-electron chi connectivity index (χ0n) is 10.00. The van der Waals surface area contributed by atoms with Crippen LogP contribution in [0.4, 0.5) is 0 Å². The van der Waals surface area contributed by atoms with E-state index in [1.165, 1.54) is 0 Å². The normalized spacial score (nSPS) is 20.6. The van der Waals surface area contributed by atoms with Crippen molar-refractivity contribution < 1.29 is 5.11 Å². The summed E-state index contributed by atoms with van der Waals surface area (Å²) in [6.45, 7) is 7.97. The molecule has 1 N–H and O–H groups in total. The number of nitrogens with zero attached hydrogens (tertiary/aromatic N) is 1. The first-order chi connectivity index (χ1) is 7.31. The van der Waals surface area contributed by atoms with Crippen LogP contribution in [-0.4, -0.2) is 28.6 Å². The van der Waals surface area contributed by atoms with Crippen LogP contribution in [0, 0.1) is 0 Å². The summed E-state index contributed by atoms with van der Waals surface area (Å²) in [5.74, 6) is 0. The molecule has 2 nitrogen and oxygen atoms in total. The Morgan fingerprint density at radius 3 is 2.12 bits per heavy atom. The van der Waals surface area contributed by atoms with E-state index >= 15 is 0 Å². The molecular weight excluding hydrogens is 266 g/mol. The van der Waals surface area contributed by atoms with Crippen molar-refractivity contribution in [2.45, 2.75) is 31.9 Å². The highest BCUT2D eigenvalue weighted by molar-refractivity contribution is 9.10. The van der Waals surface area contributed by atoms with E-state index in [0.717, 1.165) is 23.1 Å². The van der Waals surface area contributed by atoms with Crippen molar-refractivity contribution >= 4 is 15.9 Å². The number of likely N-dealkylation sites (tertiary alicyclic amines) is 1. The topological polar surface area (TPSA) is 23.5 Å². The van der Waals surface area contributed by atoms with Gasteiger partial charge in [0.25, 0.3) is 0 Å². The first-order valence-electron chi connectivity index (χ1n) is 5.55. The van der Waals surface area contributed by atoms with Gasteiger partial charge >= 0.3 is 0 Å². The maximum absolute atomic E-state index is 10.4. The van der Waals surface area contributed by atoms with Gasteiger partial charge in [-0.25, -0.2) is 0 Å². The molecule has 1 fully saturated rings. The lowest BCUT2D eigenvalue weighted by atomic mass is 9.83. The van der Waals surface area contributed by atoms with E-state index in [4.69, 9.17) is 0 Å². The van der Waals surface area contributed by atoms with E-state index in [0.29, 0.717) is 0 Å². The number of hydrogen-bond acceptors (Lipinski definition) is 2. The molecule has 1 saturated heterocycles. The summed E-state index contributed by atoms with van der Waals surface area (Å²) in [6.07, 6.45) is 0. The summed E-state index contributed by atoms with van der Waals surface area (Å²) in [7, 11) is 0. The Bertz CT molecular complexity index is 374. The van der Waals surface area contributed by atoms with Gasteiger partial charge in [0, 0.05) is 23.1 Å². The van der Waals surface area contributed by atoms with Gasteiger partial charge in [-0.05, 0) is 38.5 Å². The monoisotopic (exact) mass is 283 g/mol. The minimum absolute atomic E-state index is 0.140. The van der Waals surface area contributed by atoms with Gasteiger partial charge in [0.05, 0.1) is 0 Å². The Morgan fingerprint density at radius 1 is 1.19 bits per heavy atom. The van der Waals surface area contributed by atoms with Crippen molar-refractivity contribution in [3.63, 3.8) is 0 Å². The zero-order chi connectivity index (χ0) is 12.0. The molecule has 0 aromatic heterocycles. The number of benzene rings is 1. The summed E-state index contributed by atoms with van der Waals surface area (Å²) in [5, 5.41) is 10.4. The smallest absolute Gasteiger partial charge is 0.115 e. The molecule has 2 rings (SSSR count). The van der Waals surface area contributed by atoms with E-state index in [1.807, 2.05) is 24.3 Å². The molecule has 0 radical (unpaired) electrons. The number of rotatable bonds is 1. The third kappa shape index (κ3) is 2.17. The van der Waals surface area contributed by atoms with Crippen LogP contribution < -0.4 is 0 Å². The van der Waals surface area contributed by atoms with Crippen molar-refractivity contribution in [2.75, 3.05) is 13.1 Å². The molecule has 1 heterocycles. The number of halogens is 1. The highest BCUT2D eigenvalue weighted by Crippen LogP contribution is 2.36. The largest absolute Gasteiger partial charge is 0.382 e. The summed E-state index contributed by atoms with van der Waals surface area (Å²) >= 11 is 3.40. The molecule has 1 aliphatic rings. The molecule has 0 amide bonds. The second-order valence-corrected chi connectivity index (χ2v) is 6.48. The lowest BCUT2D eigenvalue weighted by molar-refractivity contribution is -0.137. The predicted molar refractivity (Wildman–Crippen MR) is 69.4 cm³/mol. The van der Waals surface area contributed by atoms with Gasteiger partial charge in [-0.2, -0.15) is 0 Å². The van der Waals surface area contributed by atoms with Gasteiger partial charge in [-0.15, -0.1) is 0 Å².